The summed E-state index contributed by atoms with van der Waals surface area (Å²) in [6.45, 7) is 4.86. The monoisotopic (exact) mass is 360 g/mol. The van der Waals surface area contributed by atoms with E-state index in [1.807, 2.05) is 0 Å². The van der Waals surface area contributed by atoms with E-state index in [1.54, 1.807) is 0 Å². The molecule has 0 amide bonds. The van der Waals surface area contributed by atoms with Gasteiger partial charge in [-0.15, -0.1) is 0 Å². The number of halogens is 1. The first kappa shape index (κ1) is 20.6. The molecule has 1 rings (SSSR count). The number of unbranched alkanes of at least 4 members (excludes halogenated alkanes) is 8. The third-order valence-corrected chi connectivity index (χ3v) is 3.84. The fourth-order valence-corrected chi connectivity index (χ4v) is 2.54. The molecule has 1 aromatic rings. The van der Waals surface area contributed by atoms with E-state index in [1.165, 1.54) is 51.4 Å². The molecule has 124 valence electrons. The molecule has 0 unspecified atom stereocenters. The molecule has 0 bridgehead atoms. The molecule has 21 heavy (non-hydrogen) atoms. The standard InChI is InChI=1S/C17H33N2O.BrH/c1-2-3-4-5-6-9-12-18-14-15-19(17-18)13-10-7-8-11-16-20;/h14-15,17,20H,2-13,16H2,1H3;1H/q+1;/p-1. The first-order valence-corrected chi connectivity index (χ1v) is 8.52. The van der Waals surface area contributed by atoms with Gasteiger partial charge in [0.05, 0.1) is 13.1 Å². The molecular weight excluding hydrogens is 328 g/mol. The van der Waals surface area contributed by atoms with Crippen molar-refractivity contribution in [3.63, 3.8) is 0 Å². The number of hydrogen-bond acceptors (Lipinski definition) is 1. The summed E-state index contributed by atoms with van der Waals surface area (Å²) in [5, 5.41) is 8.73. The Labute approximate surface area is 141 Å². The van der Waals surface area contributed by atoms with Crippen molar-refractivity contribution in [3.05, 3.63) is 18.7 Å². The second-order valence-corrected chi connectivity index (χ2v) is 5.79. The molecule has 0 saturated heterocycles. The molecule has 0 aliphatic rings. The largest absolute Gasteiger partial charge is 1.00 e. The fourth-order valence-electron chi connectivity index (χ4n) is 2.54. The summed E-state index contributed by atoms with van der Waals surface area (Å²) >= 11 is 0. The molecule has 0 saturated carbocycles. The maximum atomic E-state index is 8.73. The predicted molar refractivity (Wildman–Crippen MR) is 83.6 cm³/mol. The van der Waals surface area contributed by atoms with Crippen LogP contribution in [0.1, 0.15) is 71.1 Å². The van der Waals surface area contributed by atoms with Crippen LogP contribution in [0.3, 0.4) is 0 Å². The van der Waals surface area contributed by atoms with Crippen LogP contribution in [0, 0.1) is 0 Å². The van der Waals surface area contributed by atoms with Gasteiger partial charge in [0.2, 0.25) is 6.33 Å². The molecule has 0 aliphatic heterocycles. The zero-order chi connectivity index (χ0) is 14.5. The molecule has 0 fully saturated rings. The lowest BCUT2D eigenvalue weighted by atomic mass is 10.1. The Morgan fingerprint density at radius 2 is 1.57 bits per heavy atom. The van der Waals surface area contributed by atoms with E-state index in [-0.39, 0.29) is 17.0 Å². The van der Waals surface area contributed by atoms with Crippen molar-refractivity contribution in [2.24, 2.45) is 0 Å². The van der Waals surface area contributed by atoms with E-state index in [4.69, 9.17) is 5.11 Å². The average Bonchev–Trinajstić information content (AvgIpc) is 2.90. The lowest BCUT2D eigenvalue weighted by Crippen LogP contribution is -3.00. The lowest BCUT2D eigenvalue weighted by Gasteiger charge is -1.99. The summed E-state index contributed by atoms with van der Waals surface area (Å²) in [6.07, 6.45) is 19.3. The van der Waals surface area contributed by atoms with Gasteiger partial charge in [-0.2, -0.15) is 0 Å². The van der Waals surface area contributed by atoms with Gasteiger partial charge in [0.25, 0.3) is 0 Å². The van der Waals surface area contributed by atoms with Gasteiger partial charge >= 0.3 is 0 Å². The van der Waals surface area contributed by atoms with Crippen molar-refractivity contribution in [3.8, 4) is 0 Å². The molecule has 0 radical (unpaired) electrons. The van der Waals surface area contributed by atoms with Gasteiger partial charge in [-0.1, -0.05) is 39.0 Å². The van der Waals surface area contributed by atoms with Gasteiger partial charge in [-0.3, -0.25) is 0 Å². The van der Waals surface area contributed by atoms with Crippen LogP contribution in [0.2, 0.25) is 0 Å². The van der Waals surface area contributed by atoms with E-state index >= 15 is 0 Å². The first-order chi connectivity index (χ1) is 9.86. The summed E-state index contributed by atoms with van der Waals surface area (Å²) in [7, 11) is 0. The number of aromatic nitrogens is 2. The van der Waals surface area contributed by atoms with Crippen molar-refractivity contribution < 1.29 is 26.7 Å². The highest BCUT2D eigenvalue weighted by Crippen LogP contribution is 2.05. The van der Waals surface area contributed by atoms with E-state index in [9.17, 15) is 0 Å². The first-order valence-electron chi connectivity index (χ1n) is 8.52. The number of aliphatic hydroxyl groups is 1. The Hall–Kier alpha value is -0.350. The van der Waals surface area contributed by atoms with Gasteiger partial charge in [-0.25, -0.2) is 9.13 Å². The van der Waals surface area contributed by atoms with Gasteiger partial charge in [0.15, 0.2) is 0 Å². The smallest absolute Gasteiger partial charge is 0.243 e. The highest BCUT2D eigenvalue weighted by atomic mass is 79.9. The number of aryl methyl sites for hydroxylation is 2. The number of imidazole rings is 1. The maximum Gasteiger partial charge on any atom is 0.243 e. The summed E-state index contributed by atoms with van der Waals surface area (Å²) in [6, 6.07) is 0. The van der Waals surface area contributed by atoms with Crippen molar-refractivity contribution in [2.45, 2.75) is 84.2 Å². The second kappa shape index (κ2) is 14.6. The quantitative estimate of drug-likeness (QED) is 0.407. The molecule has 1 aromatic heterocycles. The zero-order valence-corrected chi connectivity index (χ0v) is 15.2. The molecule has 1 heterocycles. The highest BCUT2D eigenvalue weighted by Gasteiger charge is 2.03. The third kappa shape index (κ3) is 10.9. The molecule has 0 aliphatic carbocycles. The van der Waals surface area contributed by atoms with Crippen LogP contribution in [-0.4, -0.2) is 16.3 Å². The Morgan fingerprint density at radius 3 is 2.33 bits per heavy atom. The van der Waals surface area contributed by atoms with Crippen LogP contribution in [-0.2, 0) is 13.1 Å². The van der Waals surface area contributed by atoms with Crippen molar-refractivity contribution >= 4 is 0 Å². The summed E-state index contributed by atoms with van der Waals surface area (Å²) in [4.78, 5) is 0. The van der Waals surface area contributed by atoms with E-state index in [2.05, 4.69) is 34.8 Å². The average molecular weight is 361 g/mol. The highest BCUT2D eigenvalue weighted by molar-refractivity contribution is 4.66. The summed E-state index contributed by atoms with van der Waals surface area (Å²) < 4.78 is 4.60. The van der Waals surface area contributed by atoms with Gasteiger partial charge in [0, 0.05) is 6.61 Å². The number of hydrogen-bond donors (Lipinski definition) is 1. The van der Waals surface area contributed by atoms with Crippen molar-refractivity contribution in [1.82, 2.24) is 4.57 Å². The zero-order valence-electron chi connectivity index (χ0n) is 13.6. The molecule has 0 aromatic carbocycles. The summed E-state index contributed by atoms with van der Waals surface area (Å²) in [5.41, 5.74) is 0. The minimum absolute atomic E-state index is 0. The Bertz CT molecular complexity index is 328. The van der Waals surface area contributed by atoms with Gasteiger partial charge < -0.3 is 22.1 Å². The Balaban J connectivity index is 0.00000400. The van der Waals surface area contributed by atoms with Crippen LogP contribution in [0.15, 0.2) is 18.7 Å². The van der Waals surface area contributed by atoms with E-state index < -0.39 is 0 Å². The molecule has 1 N–H and O–H groups in total. The normalized spacial score (nSPS) is 10.6. The summed E-state index contributed by atoms with van der Waals surface area (Å²) in [5.74, 6) is 0. The van der Waals surface area contributed by atoms with Crippen LogP contribution in [0.4, 0.5) is 0 Å². The number of rotatable bonds is 13. The fraction of sp³-hybridized carbons (Fsp3) is 0.824. The van der Waals surface area contributed by atoms with Crippen molar-refractivity contribution in [1.29, 1.82) is 0 Å². The van der Waals surface area contributed by atoms with E-state index in [0.717, 1.165) is 25.9 Å². The SMILES string of the molecule is CCCCCCCC[n+]1ccn(CCCCCCO)c1.[Br-]. The molecule has 0 atom stereocenters. The van der Waals surface area contributed by atoms with E-state index in [0.29, 0.717) is 6.61 Å². The Kier molecular flexibility index (Phi) is 14.3. The van der Waals surface area contributed by atoms with Crippen LogP contribution < -0.4 is 21.5 Å². The number of nitrogens with zero attached hydrogens (tertiary/aromatic N) is 2. The van der Waals surface area contributed by atoms with Crippen LogP contribution >= 0.6 is 0 Å². The van der Waals surface area contributed by atoms with Gasteiger partial charge in [-0.05, 0) is 32.1 Å². The number of aliphatic hydroxyl groups excluding tert-OH is 1. The lowest BCUT2D eigenvalue weighted by molar-refractivity contribution is -0.696. The van der Waals surface area contributed by atoms with Crippen molar-refractivity contribution in [2.75, 3.05) is 6.61 Å². The minimum Gasteiger partial charge on any atom is -1.00 e. The maximum absolute atomic E-state index is 8.73. The molecule has 3 nitrogen and oxygen atoms in total. The second-order valence-electron chi connectivity index (χ2n) is 5.79. The molecule has 4 heteroatoms. The molecule has 0 spiro atoms. The minimum atomic E-state index is 0. The Morgan fingerprint density at radius 1 is 0.905 bits per heavy atom. The van der Waals surface area contributed by atoms with Crippen LogP contribution in [0.25, 0.3) is 0 Å². The molecular formula is C17H33BrN2O. The van der Waals surface area contributed by atoms with Gasteiger partial charge in [0.1, 0.15) is 12.4 Å². The predicted octanol–water partition coefficient (Wildman–Crippen LogP) is 0.693. The third-order valence-electron chi connectivity index (χ3n) is 3.84. The van der Waals surface area contributed by atoms with Crippen LogP contribution in [0.5, 0.6) is 0 Å². The topological polar surface area (TPSA) is 29.0 Å².